The molecule has 4 heterocycles. The summed E-state index contributed by atoms with van der Waals surface area (Å²) in [4.78, 5) is 20.5. The quantitative estimate of drug-likeness (QED) is 0.508. The van der Waals surface area contributed by atoms with Crippen molar-refractivity contribution >= 4 is 28.9 Å². The second-order valence-electron chi connectivity index (χ2n) is 8.02. The number of carbonyl (C=O) groups is 1. The minimum Gasteiger partial charge on any atom is -0.488 e. The van der Waals surface area contributed by atoms with Crippen LogP contribution >= 0.6 is 11.6 Å². The molecule has 172 valence electrons. The Balaban J connectivity index is 1.54. The summed E-state index contributed by atoms with van der Waals surface area (Å²) in [5, 5.41) is 7.04. The van der Waals surface area contributed by atoms with Crippen molar-refractivity contribution in [1.82, 2.24) is 15.3 Å². The summed E-state index contributed by atoms with van der Waals surface area (Å²) in [7, 11) is 0. The molecule has 1 saturated heterocycles. The maximum atomic E-state index is 12.8. The number of aromatic nitrogens is 2. The molecule has 1 amide bonds. The Morgan fingerprint density at radius 2 is 2.21 bits per heavy atom. The number of hydrogen-bond acceptors (Lipinski definition) is 6. The lowest BCUT2D eigenvalue weighted by atomic mass is 10.0. The van der Waals surface area contributed by atoms with E-state index in [4.69, 9.17) is 25.8 Å². The van der Waals surface area contributed by atoms with Gasteiger partial charge in [0, 0.05) is 41.1 Å². The number of amides is 1. The molecule has 2 aliphatic heterocycles. The minimum atomic E-state index is -0.138. The SMILES string of the molecule is Cc1c(Cl)cccc1Nc1c(-c2ccncc2OC[C@H]2COCCO2)[nH]c2c1C(=O)NCC2. The number of rotatable bonds is 6. The van der Waals surface area contributed by atoms with Crippen LogP contribution in [0.15, 0.2) is 36.7 Å². The highest BCUT2D eigenvalue weighted by Crippen LogP contribution is 2.41. The molecule has 0 saturated carbocycles. The van der Waals surface area contributed by atoms with Crippen LogP contribution in [0.2, 0.25) is 5.02 Å². The van der Waals surface area contributed by atoms with Crippen molar-refractivity contribution < 1.29 is 19.0 Å². The Kier molecular flexibility index (Phi) is 6.22. The van der Waals surface area contributed by atoms with Crippen molar-refractivity contribution in [2.45, 2.75) is 19.4 Å². The van der Waals surface area contributed by atoms with Gasteiger partial charge in [-0.2, -0.15) is 0 Å². The van der Waals surface area contributed by atoms with Crippen molar-refractivity contribution in [1.29, 1.82) is 0 Å². The number of hydrogen-bond donors (Lipinski definition) is 3. The normalized spacial score (nSPS) is 17.9. The highest BCUT2D eigenvalue weighted by molar-refractivity contribution is 6.31. The number of anilines is 2. The molecule has 3 aromatic rings. The second kappa shape index (κ2) is 9.43. The van der Waals surface area contributed by atoms with Crippen LogP contribution in [0, 0.1) is 6.92 Å². The van der Waals surface area contributed by atoms with E-state index in [-0.39, 0.29) is 12.0 Å². The van der Waals surface area contributed by atoms with Crippen LogP contribution in [0.25, 0.3) is 11.3 Å². The molecule has 1 aromatic carbocycles. The third-order valence-corrected chi connectivity index (χ3v) is 6.27. The van der Waals surface area contributed by atoms with Crippen molar-refractivity contribution in [3.05, 3.63) is 58.5 Å². The van der Waals surface area contributed by atoms with Crippen LogP contribution in [0.4, 0.5) is 11.4 Å². The lowest BCUT2D eigenvalue weighted by Gasteiger charge is -2.23. The molecule has 0 aliphatic carbocycles. The number of aromatic amines is 1. The third kappa shape index (κ3) is 4.42. The van der Waals surface area contributed by atoms with Crippen molar-refractivity contribution in [2.75, 3.05) is 38.3 Å². The predicted molar refractivity (Wildman–Crippen MR) is 126 cm³/mol. The van der Waals surface area contributed by atoms with Crippen LogP contribution in [0.3, 0.4) is 0 Å². The van der Waals surface area contributed by atoms with E-state index in [0.717, 1.165) is 28.2 Å². The van der Waals surface area contributed by atoms with E-state index < -0.39 is 0 Å². The van der Waals surface area contributed by atoms with Crippen LogP contribution in [0.1, 0.15) is 21.6 Å². The first-order chi connectivity index (χ1) is 16.1. The molecule has 5 rings (SSSR count). The first-order valence-electron chi connectivity index (χ1n) is 10.9. The first kappa shape index (κ1) is 21.8. The fraction of sp³-hybridized carbons (Fsp3) is 0.333. The largest absolute Gasteiger partial charge is 0.488 e. The van der Waals surface area contributed by atoms with Crippen LogP contribution in [-0.2, 0) is 15.9 Å². The van der Waals surface area contributed by atoms with Gasteiger partial charge in [0.1, 0.15) is 18.5 Å². The van der Waals surface area contributed by atoms with Gasteiger partial charge < -0.3 is 29.8 Å². The summed E-state index contributed by atoms with van der Waals surface area (Å²) in [6.07, 6.45) is 3.95. The molecule has 0 bridgehead atoms. The molecule has 8 nitrogen and oxygen atoms in total. The fourth-order valence-corrected chi connectivity index (χ4v) is 4.28. The Labute approximate surface area is 196 Å². The molecule has 0 unspecified atom stereocenters. The van der Waals surface area contributed by atoms with Gasteiger partial charge in [0.05, 0.1) is 43.0 Å². The Hall–Kier alpha value is -3.07. The lowest BCUT2D eigenvalue weighted by Crippen LogP contribution is -2.33. The Morgan fingerprint density at radius 1 is 1.30 bits per heavy atom. The molecule has 1 atom stereocenters. The van der Waals surface area contributed by atoms with Gasteiger partial charge in [-0.1, -0.05) is 17.7 Å². The van der Waals surface area contributed by atoms with E-state index in [1.54, 1.807) is 12.4 Å². The summed E-state index contributed by atoms with van der Waals surface area (Å²) in [5.74, 6) is 0.474. The Bertz CT molecular complexity index is 1170. The van der Waals surface area contributed by atoms with Crippen molar-refractivity contribution in [2.24, 2.45) is 0 Å². The molecule has 0 radical (unpaired) electrons. The summed E-state index contributed by atoms with van der Waals surface area (Å²) < 4.78 is 17.3. The minimum absolute atomic E-state index is 0.120. The zero-order valence-electron chi connectivity index (χ0n) is 18.2. The van der Waals surface area contributed by atoms with Crippen LogP contribution in [0.5, 0.6) is 5.75 Å². The smallest absolute Gasteiger partial charge is 0.255 e. The molecule has 2 aromatic heterocycles. The van der Waals surface area contributed by atoms with Gasteiger partial charge >= 0.3 is 0 Å². The van der Waals surface area contributed by atoms with E-state index in [2.05, 4.69) is 20.6 Å². The summed E-state index contributed by atoms with van der Waals surface area (Å²) in [5.41, 5.74) is 5.44. The predicted octanol–water partition coefficient (Wildman–Crippen LogP) is 3.86. The van der Waals surface area contributed by atoms with Gasteiger partial charge in [0.25, 0.3) is 5.91 Å². The van der Waals surface area contributed by atoms with Crippen LogP contribution < -0.4 is 15.4 Å². The second-order valence-corrected chi connectivity index (χ2v) is 8.43. The van der Waals surface area contributed by atoms with Gasteiger partial charge in [-0.3, -0.25) is 9.78 Å². The fourth-order valence-electron chi connectivity index (χ4n) is 4.10. The number of halogens is 1. The molecule has 1 fully saturated rings. The van der Waals surface area contributed by atoms with E-state index in [9.17, 15) is 4.79 Å². The monoisotopic (exact) mass is 468 g/mol. The number of fused-ring (bicyclic) bond motifs is 1. The highest BCUT2D eigenvalue weighted by Gasteiger charge is 2.28. The van der Waals surface area contributed by atoms with Gasteiger partial charge in [-0.25, -0.2) is 0 Å². The number of nitrogens with one attached hydrogen (secondary N) is 3. The number of benzene rings is 1. The summed E-state index contributed by atoms with van der Waals surface area (Å²) in [6, 6.07) is 7.53. The standard InChI is InChI=1S/C24H25ClN4O4/c1-14-17(25)3-2-4-18(14)28-23-21-19(6-8-27-24(21)30)29-22(23)16-5-7-26-11-20(16)33-13-15-12-31-9-10-32-15/h2-5,7,11,15,28-29H,6,8-10,12-13H2,1H3,(H,27,30)/t15-/m1/s1. The maximum absolute atomic E-state index is 12.8. The lowest BCUT2D eigenvalue weighted by molar-refractivity contribution is -0.101. The number of carbonyl (C=O) groups excluding carboxylic acids is 1. The van der Waals surface area contributed by atoms with Gasteiger partial charge in [0.2, 0.25) is 0 Å². The van der Waals surface area contributed by atoms with Gasteiger partial charge in [-0.05, 0) is 30.7 Å². The number of pyridine rings is 1. The summed E-state index contributed by atoms with van der Waals surface area (Å²) >= 11 is 6.35. The van der Waals surface area contributed by atoms with E-state index in [1.807, 2.05) is 31.2 Å². The van der Waals surface area contributed by atoms with Crippen molar-refractivity contribution in [3.8, 4) is 17.0 Å². The van der Waals surface area contributed by atoms with Crippen molar-refractivity contribution in [3.63, 3.8) is 0 Å². The van der Waals surface area contributed by atoms with E-state index >= 15 is 0 Å². The van der Waals surface area contributed by atoms with Gasteiger partial charge in [0.15, 0.2) is 0 Å². The number of H-pyrrole nitrogens is 1. The zero-order valence-corrected chi connectivity index (χ0v) is 19.0. The van der Waals surface area contributed by atoms with Crippen LogP contribution in [-0.4, -0.2) is 55.0 Å². The number of ether oxygens (including phenoxy) is 3. The zero-order chi connectivity index (χ0) is 22.8. The molecule has 9 heteroatoms. The average Bonchev–Trinajstić information content (AvgIpc) is 3.21. The average molecular weight is 469 g/mol. The molecule has 2 aliphatic rings. The third-order valence-electron chi connectivity index (χ3n) is 5.86. The molecule has 33 heavy (non-hydrogen) atoms. The molecular formula is C24H25ClN4O4. The number of nitrogens with zero attached hydrogens (tertiary/aromatic N) is 1. The highest BCUT2D eigenvalue weighted by atomic mass is 35.5. The maximum Gasteiger partial charge on any atom is 0.255 e. The molecule has 3 N–H and O–H groups in total. The summed E-state index contributed by atoms with van der Waals surface area (Å²) in [6.45, 7) is 4.52. The van der Waals surface area contributed by atoms with Gasteiger partial charge in [-0.15, -0.1) is 0 Å². The molecular weight excluding hydrogens is 444 g/mol. The first-order valence-corrected chi connectivity index (χ1v) is 11.3. The Morgan fingerprint density at radius 3 is 3.06 bits per heavy atom. The van der Waals surface area contributed by atoms with E-state index in [1.165, 1.54) is 0 Å². The molecule has 0 spiro atoms. The topological polar surface area (TPSA) is 97.5 Å². The van der Waals surface area contributed by atoms with E-state index in [0.29, 0.717) is 61.4 Å².